The number of benzene rings is 1. The van der Waals surface area contributed by atoms with Crippen molar-refractivity contribution in [2.75, 3.05) is 18.0 Å². The molecule has 0 bridgehead atoms. The van der Waals surface area contributed by atoms with E-state index in [-0.39, 0.29) is 11.9 Å². The number of piperidine rings is 1. The summed E-state index contributed by atoms with van der Waals surface area (Å²) in [6.07, 6.45) is -2.19. The molecule has 1 amide bonds. The van der Waals surface area contributed by atoms with Gasteiger partial charge in [-0.25, -0.2) is 9.97 Å². The Bertz CT molecular complexity index is 1030. The van der Waals surface area contributed by atoms with E-state index < -0.39 is 11.7 Å². The number of aromatic nitrogens is 2. The van der Waals surface area contributed by atoms with Gasteiger partial charge in [0.25, 0.3) is 5.91 Å². The number of hydrogen-bond acceptors (Lipinski definition) is 6. The Morgan fingerprint density at radius 1 is 1.19 bits per heavy atom. The molecule has 4 rings (SSSR count). The summed E-state index contributed by atoms with van der Waals surface area (Å²) in [5.74, 6) is 0.914. The molecular weight excluding hydrogens is 441 g/mol. The van der Waals surface area contributed by atoms with Gasteiger partial charge in [-0.15, -0.1) is 11.3 Å². The molecular formula is C22H21F3N4O2S. The molecule has 0 atom stereocenters. The Labute approximate surface area is 187 Å². The maximum atomic E-state index is 12.7. The van der Waals surface area contributed by atoms with Gasteiger partial charge in [0, 0.05) is 36.3 Å². The molecule has 1 aliphatic rings. The van der Waals surface area contributed by atoms with Crippen LogP contribution in [0.5, 0.6) is 5.75 Å². The number of thiazole rings is 1. The minimum absolute atomic E-state index is 0.0206. The zero-order valence-corrected chi connectivity index (χ0v) is 17.8. The van der Waals surface area contributed by atoms with Gasteiger partial charge in [-0.05, 0) is 43.2 Å². The van der Waals surface area contributed by atoms with Crippen molar-refractivity contribution in [1.82, 2.24) is 15.3 Å². The third-order valence-electron chi connectivity index (χ3n) is 5.20. The van der Waals surface area contributed by atoms with Gasteiger partial charge < -0.3 is 15.0 Å². The molecule has 3 aromatic rings. The zero-order valence-electron chi connectivity index (χ0n) is 17.0. The van der Waals surface area contributed by atoms with E-state index in [1.807, 2.05) is 10.3 Å². The van der Waals surface area contributed by atoms with Crippen molar-refractivity contribution in [3.8, 4) is 5.75 Å². The third-order valence-corrected chi connectivity index (χ3v) is 5.83. The molecule has 10 heteroatoms. The number of nitrogens with zero attached hydrogens (tertiary/aromatic N) is 3. The molecule has 1 fully saturated rings. The number of halogens is 3. The Morgan fingerprint density at radius 3 is 2.66 bits per heavy atom. The predicted molar refractivity (Wildman–Crippen MR) is 115 cm³/mol. The number of amides is 1. The number of hydrogen-bond donors (Lipinski definition) is 1. The van der Waals surface area contributed by atoms with Crippen LogP contribution >= 0.6 is 11.3 Å². The molecule has 1 aromatic carbocycles. The first-order chi connectivity index (χ1) is 15.4. The first-order valence-electron chi connectivity index (χ1n) is 10.1. The van der Waals surface area contributed by atoms with Gasteiger partial charge in [-0.3, -0.25) is 4.79 Å². The summed E-state index contributed by atoms with van der Waals surface area (Å²) in [6.45, 7) is 1.53. The molecule has 3 heterocycles. The van der Waals surface area contributed by atoms with E-state index in [9.17, 15) is 18.0 Å². The lowest BCUT2D eigenvalue weighted by Crippen LogP contribution is -2.45. The minimum Gasteiger partial charge on any atom is -0.487 e. The highest BCUT2D eigenvalue weighted by Crippen LogP contribution is 2.29. The standard InChI is InChI=1S/C22H21F3N4O2S/c23-22(24,25)16-4-5-20(26-11-16)29-8-6-17(7-9-29)28-21(30)15-2-1-3-19(10-15)31-12-18-13-32-14-27-18/h1-5,10-11,13-14,17H,6-9,12H2,(H,28,30). The highest BCUT2D eigenvalue weighted by Gasteiger charge is 2.31. The topological polar surface area (TPSA) is 67.4 Å². The van der Waals surface area contributed by atoms with Crippen molar-refractivity contribution in [1.29, 1.82) is 0 Å². The van der Waals surface area contributed by atoms with E-state index in [2.05, 4.69) is 15.3 Å². The second-order valence-corrected chi connectivity index (χ2v) is 8.15. The number of carbonyl (C=O) groups is 1. The molecule has 2 aromatic heterocycles. The van der Waals surface area contributed by atoms with Gasteiger partial charge in [0.15, 0.2) is 0 Å². The fraction of sp³-hybridized carbons (Fsp3) is 0.318. The largest absolute Gasteiger partial charge is 0.487 e. The minimum atomic E-state index is -4.40. The average molecular weight is 462 g/mol. The molecule has 168 valence electrons. The van der Waals surface area contributed by atoms with Crippen molar-refractivity contribution >= 4 is 23.1 Å². The monoisotopic (exact) mass is 462 g/mol. The first kappa shape index (κ1) is 22.1. The van der Waals surface area contributed by atoms with Gasteiger partial charge >= 0.3 is 6.18 Å². The van der Waals surface area contributed by atoms with E-state index in [0.717, 1.165) is 18.0 Å². The van der Waals surface area contributed by atoms with Crippen LogP contribution in [0.3, 0.4) is 0 Å². The second-order valence-electron chi connectivity index (χ2n) is 7.43. The van der Waals surface area contributed by atoms with E-state index >= 15 is 0 Å². The highest BCUT2D eigenvalue weighted by atomic mass is 32.1. The van der Waals surface area contributed by atoms with Crippen LogP contribution in [0.15, 0.2) is 53.5 Å². The van der Waals surface area contributed by atoms with Crippen LogP contribution in [0.2, 0.25) is 0 Å². The number of ether oxygens (including phenoxy) is 1. The molecule has 0 unspecified atom stereocenters. The first-order valence-corrected chi connectivity index (χ1v) is 11.0. The zero-order chi connectivity index (χ0) is 22.6. The van der Waals surface area contributed by atoms with Crippen LogP contribution in [-0.4, -0.2) is 35.0 Å². The number of rotatable bonds is 6. The Kier molecular flexibility index (Phi) is 6.59. The number of nitrogens with one attached hydrogen (secondary N) is 1. The molecule has 1 aliphatic heterocycles. The van der Waals surface area contributed by atoms with Gasteiger partial charge in [-0.1, -0.05) is 6.07 Å². The molecule has 0 radical (unpaired) electrons. The lowest BCUT2D eigenvalue weighted by atomic mass is 10.0. The van der Waals surface area contributed by atoms with Gasteiger partial charge in [0.05, 0.1) is 16.8 Å². The number of alkyl halides is 3. The molecule has 32 heavy (non-hydrogen) atoms. The number of anilines is 1. The SMILES string of the molecule is O=C(NC1CCN(c2ccc(C(F)(F)F)cn2)CC1)c1cccc(OCc2cscn2)c1. The summed E-state index contributed by atoms with van der Waals surface area (Å²) >= 11 is 1.49. The molecule has 0 aliphatic carbocycles. The van der Waals surface area contributed by atoms with E-state index in [0.29, 0.717) is 49.7 Å². The summed E-state index contributed by atoms with van der Waals surface area (Å²) < 4.78 is 43.8. The lowest BCUT2D eigenvalue weighted by Gasteiger charge is -2.33. The Balaban J connectivity index is 1.28. The van der Waals surface area contributed by atoms with Gasteiger partial charge in [0.2, 0.25) is 0 Å². The summed E-state index contributed by atoms with van der Waals surface area (Å²) in [6, 6.07) is 9.39. The van der Waals surface area contributed by atoms with Crippen LogP contribution < -0.4 is 15.0 Å². The average Bonchev–Trinajstić information content (AvgIpc) is 3.32. The van der Waals surface area contributed by atoms with Crippen LogP contribution in [-0.2, 0) is 12.8 Å². The second kappa shape index (κ2) is 9.56. The molecule has 0 spiro atoms. The van der Waals surface area contributed by atoms with Crippen molar-refractivity contribution in [3.63, 3.8) is 0 Å². The highest BCUT2D eigenvalue weighted by molar-refractivity contribution is 7.07. The maximum Gasteiger partial charge on any atom is 0.417 e. The molecule has 1 N–H and O–H groups in total. The van der Waals surface area contributed by atoms with Crippen molar-refractivity contribution in [3.05, 3.63) is 70.3 Å². The molecule has 1 saturated heterocycles. The lowest BCUT2D eigenvalue weighted by molar-refractivity contribution is -0.137. The van der Waals surface area contributed by atoms with E-state index in [4.69, 9.17) is 4.74 Å². The molecule has 0 saturated carbocycles. The van der Waals surface area contributed by atoms with Gasteiger partial charge in [-0.2, -0.15) is 13.2 Å². The summed E-state index contributed by atoms with van der Waals surface area (Å²) in [4.78, 5) is 22.7. The molecule has 6 nitrogen and oxygen atoms in total. The van der Waals surface area contributed by atoms with Crippen LogP contribution in [0.25, 0.3) is 0 Å². The fourth-order valence-corrected chi connectivity index (χ4v) is 4.00. The summed E-state index contributed by atoms with van der Waals surface area (Å²) in [5.41, 5.74) is 2.31. The van der Waals surface area contributed by atoms with E-state index in [1.165, 1.54) is 17.4 Å². The van der Waals surface area contributed by atoms with Gasteiger partial charge in [0.1, 0.15) is 18.2 Å². The fourth-order valence-electron chi connectivity index (χ4n) is 3.46. The maximum absolute atomic E-state index is 12.7. The van der Waals surface area contributed by atoms with Crippen LogP contribution in [0.4, 0.5) is 19.0 Å². The Morgan fingerprint density at radius 2 is 2.00 bits per heavy atom. The smallest absolute Gasteiger partial charge is 0.417 e. The van der Waals surface area contributed by atoms with Crippen molar-refractivity contribution in [2.24, 2.45) is 0 Å². The number of carbonyl (C=O) groups excluding carboxylic acids is 1. The number of pyridine rings is 1. The Hall–Kier alpha value is -3.14. The van der Waals surface area contributed by atoms with Crippen LogP contribution in [0.1, 0.15) is 34.5 Å². The van der Waals surface area contributed by atoms with E-state index in [1.54, 1.807) is 29.8 Å². The summed E-state index contributed by atoms with van der Waals surface area (Å²) in [7, 11) is 0. The summed E-state index contributed by atoms with van der Waals surface area (Å²) in [5, 5.41) is 4.94. The van der Waals surface area contributed by atoms with Crippen molar-refractivity contribution < 1.29 is 22.7 Å². The van der Waals surface area contributed by atoms with Crippen LogP contribution in [0, 0.1) is 0 Å². The quantitative estimate of drug-likeness (QED) is 0.583. The predicted octanol–water partition coefficient (Wildman–Crippen LogP) is 4.53. The normalized spacial score (nSPS) is 14.9. The van der Waals surface area contributed by atoms with Crippen molar-refractivity contribution in [2.45, 2.75) is 31.7 Å². The third kappa shape index (κ3) is 5.56.